The van der Waals surface area contributed by atoms with Gasteiger partial charge in [0.05, 0.1) is 11.6 Å². The molecule has 6 N–H and O–H groups in total. The van der Waals surface area contributed by atoms with E-state index in [-0.39, 0.29) is 29.7 Å². The molecule has 0 spiro atoms. The second-order valence-corrected chi connectivity index (χ2v) is 15.1. The zero-order valence-electron chi connectivity index (χ0n) is 26.6. The van der Waals surface area contributed by atoms with E-state index in [9.17, 15) is 34.8 Å². The summed E-state index contributed by atoms with van der Waals surface area (Å²) < 4.78 is 0. The molecule has 0 aliphatic heterocycles. The Morgan fingerprint density at radius 2 is 1.80 bits per heavy atom. The highest BCUT2D eigenvalue weighted by atomic mass is 35.5. The second kappa shape index (κ2) is 10.8. The molecule has 0 radical (unpaired) electrons. The number of carbonyl (C=O) groups excluding carboxylic acids is 3. The highest BCUT2D eigenvalue weighted by molar-refractivity contribution is 6.33. The van der Waals surface area contributed by atoms with Crippen LogP contribution in [0.2, 0.25) is 5.02 Å². The van der Waals surface area contributed by atoms with Crippen molar-refractivity contribution in [3.8, 4) is 5.75 Å². The molecule has 6 aliphatic rings. The first-order valence-corrected chi connectivity index (χ1v) is 16.3. The fraction of sp³-hybridized carbons (Fsp3) is 0.618. The van der Waals surface area contributed by atoms with E-state index in [0.717, 1.165) is 19.0 Å². The minimum atomic E-state index is -2.67. The standard InChI is InChI=1S/C34H44ClN3O7/c1-6-38(13-15-7-8-18-12-20(15)33(18,2)3)14-17-11-22(39)24-19(26(17)35)9-16-10-21-27(37(4)5)29(41)25(32(36)44)31(43)34(21,45)30(42)23(16)28(24)40/h11,15-16,18,20-21,27,39,41-42,45H,6-10,12-14H2,1-5H3,(H2,36,44)/t15-,16+,18?,20?,21+,27+,34+/m1/s1. The number of fused-ring (bicyclic) bond motifs is 5. The summed E-state index contributed by atoms with van der Waals surface area (Å²) in [7, 11) is 3.21. The van der Waals surface area contributed by atoms with Crippen molar-refractivity contribution in [1.29, 1.82) is 0 Å². The van der Waals surface area contributed by atoms with E-state index in [4.69, 9.17) is 17.3 Å². The Balaban J connectivity index is 1.35. The Morgan fingerprint density at radius 3 is 2.38 bits per heavy atom. The second-order valence-electron chi connectivity index (χ2n) is 14.7. The van der Waals surface area contributed by atoms with Gasteiger partial charge in [-0.3, -0.25) is 24.2 Å². The molecule has 1 amide bonds. The van der Waals surface area contributed by atoms with E-state index >= 15 is 0 Å². The monoisotopic (exact) mass is 641 g/mol. The zero-order chi connectivity index (χ0) is 32.9. The number of phenolic OH excluding ortho intramolecular Hbond substituents is 1. The quantitative estimate of drug-likeness (QED) is 0.279. The number of ketones is 2. The maximum Gasteiger partial charge on any atom is 0.255 e. The number of likely N-dealkylation sites (N-methyl/N-ethyl adjacent to an activating group) is 1. The first kappa shape index (κ1) is 32.0. The topological polar surface area (TPSA) is 165 Å². The van der Waals surface area contributed by atoms with E-state index in [2.05, 4.69) is 25.7 Å². The third kappa shape index (κ3) is 4.50. The lowest BCUT2D eigenvalue weighted by molar-refractivity contribution is -0.148. The van der Waals surface area contributed by atoms with Crippen molar-refractivity contribution in [2.75, 3.05) is 27.2 Å². The van der Waals surface area contributed by atoms with Gasteiger partial charge in [0.25, 0.3) is 5.91 Å². The maximum atomic E-state index is 14.0. The molecule has 7 rings (SSSR count). The number of aromatic hydroxyl groups is 1. The maximum absolute atomic E-state index is 14.0. The summed E-state index contributed by atoms with van der Waals surface area (Å²) in [6, 6.07) is 0.462. The molecule has 10 nitrogen and oxygen atoms in total. The lowest BCUT2D eigenvalue weighted by atomic mass is 9.45. The SMILES string of the molecule is CCN(Cc1cc(O)c2c(c1Cl)C[C@H]1C[C@H]3[C@H](N(C)C)C(O)=C(C(N)=O)C(=O)[C@@]3(O)C(O)=C1C2=O)C[C@H]1CCC2CC1C2(C)C. The third-order valence-electron chi connectivity index (χ3n) is 12.1. The number of Topliss-reactive ketones (excluding diaryl/α,β-unsaturated/α-hetero) is 2. The number of hydrogen-bond acceptors (Lipinski definition) is 9. The number of aliphatic hydroxyl groups excluding tert-OH is 2. The average molecular weight is 642 g/mol. The van der Waals surface area contributed by atoms with Crippen LogP contribution in [0.15, 0.2) is 28.7 Å². The first-order valence-electron chi connectivity index (χ1n) is 16.0. The average Bonchev–Trinajstić information content (AvgIpc) is 2.96. The molecule has 0 heterocycles. The van der Waals surface area contributed by atoms with Crippen molar-refractivity contribution in [1.82, 2.24) is 9.80 Å². The number of hydrogen-bond donors (Lipinski definition) is 5. The number of amides is 1. The number of primary amides is 1. The number of nitrogens with two attached hydrogens (primary N) is 1. The van der Waals surface area contributed by atoms with E-state index in [1.807, 2.05) is 0 Å². The summed E-state index contributed by atoms with van der Waals surface area (Å²) in [6.07, 6.45) is 3.94. The number of allylic oxidation sites excluding steroid dienone is 1. The van der Waals surface area contributed by atoms with Gasteiger partial charge in [0.1, 0.15) is 22.8 Å². The smallest absolute Gasteiger partial charge is 0.255 e. The zero-order valence-corrected chi connectivity index (χ0v) is 27.3. The largest absolute Gasteiger partial charge is 0.510 e. The summed E-state index contributed by atoms with van der Waals surface area (Å²) in [5.41, 5.74) is 3.19. The van der Waals surface area contributed by atoms with Gasteiger partial charge in [-0.05, 0) is 99.0 Å². The van der Waals surface area contributed by atoms with Crippen molar-refractivity contribution in [2.24, 2.45) is 40.7 Å². The molecule has 1 aromatic rings. The molecule has 0 saturated heterocycles. The van der Waals surface area contributed by atoms with Crippen LogP contribution in [0, 0.1) is 35.0 Å². The Labute approximate surface area is 268 Å². The van der Waals surface area contributed by atoms with Crippen molar-refractivity contribution >= 4 is 29.1 Å². The Kier molecular flexibility index (Phi) is 7.71. The molecular formula is C34H44ClN3O7. The molecule has 0 aromatic heterocycles. The number of benzene rings is 1. The van der Waals surface area contributed by atoms with Crippen LogP contribution in [0.4, 0.5) is 0 Å². The number of halogens is 1. The van der Waals surface area contributed by atoms with Crippen LogP contribution in [-0.2, 0) is 22.6 Å². The third-order valence-corrected chi connectivity index (χ3v) is 12.5. The van der Waals surface area contributed by atoms with E-state index < -0.39 is 58.0 Å². The molecule has 244 valence electrons. The van der Waals surface area contributed by atoms with Gasteiger partial charge in [-0.25, -0.2) is 0 Å². The molecule has 7 atom stereocenters. The number of nitrogens with zero attached hydrogens (tertiary/aromatic N) is 2. The van der Waals surface area contributed by atoms with Crippen molar-refractivity contribution in [3.63, 3.8) is 0 Å². The van der Waals surface area contributed by atoms with Crippen molar-refractivity contribution in [2.45, 2.75) is 71.1 Å². The molecule has 3 fully saturated rings. The fourth-order valence-corrected chi connectivity index (χ4v) is 9.81. The van der Waals surface area contributed by atoms with Gasteiger partial charge >= 0.3 is 0 Å². The predicted molar refractivity (Wildman–Crippen MR) is 168 cm³/mol. The lowest BCUT2D eigenvalue weighted by Gasteiger charge is -2.60. The molecule has 6 aliphatic carbocycles. The fourth-order valence-electron chi connectivity index (χ4n) is 9.53. The predicted octanol–water partition coefficient (Wildman–Crippen LogP) is 3.67. The molecule has 2 unspecified atom stereocenters. The van der Waals surface area contributed by atoms with Crippen LogP contribution < -0.4 is 5.73 Å². The van der Waals surface area contributed by atoms with Gasteiger partial charge in [-0.1, -0.05) is 32.4 Å². The molecule has 11 heteroatoms. The molecule has 3 saturated carbocycles. The van der Waals surface area contributed by atoms with E-state index in [0.29, 0.717) is 39.9 Å². The van der Waals surface area contributed by atoms with Crippen LogP contribution in [0.1, 0.15) is 67.9 Å². The Morgan fingerprint density at radius 1 is 1.11 bits per heavy atom. The first-order chi connectivity index (χ1) is 21.0. The highest BCUT2D eigenvalue weighted by Gasteiger charge is 2.63. The van der Waals surface area contributed by atoms with Crippen molar-refractivity contribution < 1.29 is 34.8 Å². The van der Waals surface area contributed by atoms with Gasteiger partial charge in [-0.2, -0.15) is 0 Å². The Bertz CT molecular complexity index is 1560. The normalized spacial score (nSPS) is 33.6. The molecule has 45 heavy (non-hydrogen) atoms. The minimum absolute atomic E-state index is 0.0218. The summed E-state index contributed by atoms with van der Waals surface area (Å²) >= 11 is 7.02. The van der Waals surface area contributed by atoms with Crippen LogP contribution in [0.25, 0.3) is 0 Å². The van der Waals surface area contributed by atoms with Crippen molar-refractivity contribution in [3.05, 3.63) is 50.4 Å². The summed E-state index contributed by atoms with van der Waals surface area (Å²) in [5.74, 6) is -4.64. The number of rotatable bonds is 7. The van der Waals surface area contributed by atoms with Crippen LogP contribution in [-0.4, -0.2) is 86.5 Å². The van der Waals surface area contributed by atoms with Crippen LogP contribution in [0.3, 0.4) is 0 Å². The van der Waals surface area contributed by atoms with Gasteiger partial charge in [0.15, 0.2) is 11.4 Å². The lowest BCUT2D eigenvalue weighted by Crippen LogP contribution is -2.63. The van der Waals surface area contributed by atoms with E-state index in [1.54, 1.807) is 14.1 Å². The molecule has 2 bridgehead atoms. The minimum Gasteiger partial charge on any atom is -0.510 e. The molecular weight excluding hydrogens is 598 g/mol. The summed E-state index contributed by atoms with van der Waals surface area (Å²) in [5, 5.41) is 45.8. The van der Waals surface area contributed by atoms with E-state index in [1.165, 1.54) is 30.2 Å². The van der Waals surface area contributed by atoms with Gasteiger partial charge in [-0.15, -0.1) is 0 Å². The van der Waals surface area contributed by atoms with Crippen LogP contribution >= 0.6 is 11.6 Å². The number of carbonyl (C=O) groups is 3. The highest BCUT2D eigenvalue weighted by Crippen LogP contribution is 2.61. The van der Waals surface area contributed by atoms with Gasteiger partial charge in [0.2, 0.25) is 5.78 Å². The number of phenols is 1. The van der Waals surface area contributed by atoms with Gasteiger partial charge in [0, 0.05) is 29.6 Å². The van der Waals surface area contributed by atoms with Gasteiger partial charge < -0.3 is 26.2 Å². The molecule has 1 aromatic carbocycles. The summed E-state index contributed by atoms with van der Waals surface area (Å²) in [6.45, 7) is 9.11. The summed E-state index contributed by atoms with van der Waals surface area (Å²) in [4.78, 5) is 43.5. The number of aliphatic hydroxyl groups is 3. The Hall–Kier alpha value is -2.92. The van der Waals surface area contributed by atoms with Crippen LogP contribution in [0.5, 0.6) is 5.75 Å².